The fourth-order valence-corrected chi connectivity index (χ4v) is 2.70. The van der Waals surface area contributed by atoms with Gasteiger partial charge in [-0.2, -0.15) is 0 Å². The van der Waals surface area contributed by atoms with Gasteiger partial charge in [-0.25, -0.2) is 4.31 Å². The maximum Gasteiger partial charge on any atom is 0.0862 e. The zero-order valence-electron chi connectivity index (χ0n) is 8.97. The molecule has 0 aliphatic carbocycles. The minimum atomic E-state index is 0.941. The Morgan fingerprint density at radius 2 is 2.00 bits per heavy atom. The minimum absolute atomic E-state index is 0.941. The fourth-order valence-electron chi connectivity index (χ4n) is 1.58. The van der Waals surface area contributed by atoms with Gasteiger partial charge in [0.15, 0.2) is 0 Å². The second-order valence-corrected chi connectivity index (χ2v) is 5.53. The molecule has 0 N–H and O–H groups in total. The summed E-state index contributed by atoms with van der Waals surface area (Å²) >= 11 is 7.56. The molecule has 0 aromatic heterocycles. The smallest absolute Gasteiger partial charge is 0.0862 e. The fraction of sp³-hybridized carbons (Fsp3) is 0.818. The molecule has 0 atom stereocenters. The van der Waals surface area contributed by atoms with E-state index in [-0.39, 0.29) is 0 Å². The summed E-state index contributed by atoms with van der Waals surface area (Å²) in [5.74, 6) is 0. The lowest BCUT2D eigenvalue weighted by Crippen LogP contribution is -2.12. The molecule has 1 heterocycles. The molecule has 0 bridgehead atoms. The zero-order valence-corrected chi connectivity index (χ0v) is 10.5. The average molecular weight is 234 g/mol. The van der Waals surface area contributed by atoms with Crippen molar-refractivity contribution in [2.24, 2.45) is 0 Å². The van der Waals surface area contributed by atoms with Crippen LogP contribution < -0.4 is 0 Å². The Morgan fingerprint density at radius 3 is 2.64 bits per heavy atom. The molecule has 0 fully saturated rings. The van der Waals surface area contributed by atoms with Gasteiger partial charge in [0.25, 0.3) is 0 Å². The Labute approximate surface area is 97.0 Å². The van der Waals surface area contributed by atoms with Crippen molar-refractivity contribution in [2.75, 3.05) is 13.1 Å². The van der Waals surface area contributed by atoms with E-state index in [1.807, 2.05) is 0 Å². The molecule has 0 saturated carbocycles. The van der Waals surface area contributed by atoms with Crippen LogP contribution in [0.25, 0.3) is 0 Å². The molecule has 1 aliphatic rings. The minimum Gasteiger partial charge on any atom is -0.242 e. The van der Waals surface area contributed by atoms with Crippen molar-refractivity contribution < 1.29 is 0 Å². The van der Waals surface area contributed by atoms with Crippen LogP contribution in [-0.2, 0) is 0 Å². The second kappa shape index (κ2) is 7.61. The van der Waals surface area contributed by atoms with Gasteiger partial charge in [-0.3, -0.25) is 0 Å². The molecule has 0 amide bonds. The monoisotopic (exact) mass is 233 g/mol. The Hall–Kier alpha value is 0.340. The molecule has 0 saturated heterocycles. The predicted octanol–water partition coefficient (Wildman–Crippen LogP) is 4.39. The molecule has 1 aliphatic heterocycles. The summed E-state index contributed by atoms with van der Waals surface area (Å²) in [4.78, 5) is 0. The molecule has 0 aromatic rings. The van der Waals surface area contributed by atoms with Crippen molar-refractivity contribution >= 4 is 23.5 Å². The lowest BCUT2D eigenvalue weighted by atomic mass is 10.1. The summed E-state index contributed by atoms with van der Waals surface area (Å²) in [5.41, 5.74) is 0. The van der Waals surface area contributed by atoms with Gasteiger partial charge in [0.2, 0.25) is 0 Å². The lowest BCUT2D eigenvalue weighted by Gasteiger charge is -2.12. The quantitative estimate of drug-likeness (QED) is 0.474. The van der Waals surface area contributed by atoms with Gasteiger partial charge in [0.1, 0.15) is 0 Å². The third-order valence-electron chi connectivity index (χ3n) is 2.43. The van der Waals surface area contributed by atoms with Crippen LogP contribution in [0.3, 0.4) is 0 Å². The van der Waals surface area contributed by atoms with E-state index in [1.54, 1.807) is 11.9 Å². The largest absolute Gasteiger partial charge is 0.242 e. The van der Waals surface area contributed by atoms with Crippen LogP contribution >= 0.6 is 23.5 Å². The van der Waals surface area contributed by atoms with Crippen LogP contribution in [0.2, 0.25) is 0 Å². The molecular weight excluding hydrogens is 214 g/mol. The van der Waals surface area contributed by atoms with Crippen LogP contribution in [0.4, 0.5) is 0 Å². The van der Waals surface area contributed by atoms with Crippen LogP contribution in [-0.4, -0.2) is 17.4 Å². The highest BCUT2D eigenvalue weighted by Crippen LogP contribution is 2.30. The van der Waals surface area contributed by atoms with Gasteiger partial charge in [0, 0.05) is 13.1 Å². The number of nitrogens with zero attached hydrogens (tertiary/aromatic N) is 1. The highest BCUT2D eigenvalue weighted by atomic mass is 35.5. The molecule has 82 valence electrons. The predicted molar refractivity (Wildman–Crippen MR) is 66.5 cm³/mol. The first-order valence-electron chi connectivity index (χ1n) is 5.61. The van der Waals surface area contributed by atoms with E-state index in [9.17, 15) is 0 Å². The second-order valence-electron chi connectivity index (χ2n) is 3.76. The summed E-state index contributed by atoms with van der Waals surface area (Å²) in [6.07, 6.45) is 10.3. The van der Waals surface area contributed by atoms with Crippen LogP contribution in [0.5, 0.6) is 0 Å². The number of unbranched alkanes of at least 4 members (excludes halogenated alkanes) is 5. The summed E-state index contributed by atoms with van der Waals surface area (Å²) < 4.78 is 3.28. The molecule has 0 radical (unpaired) electrons. The summed E-state index contributed by atoms with van der Waals surface area (Å²) in [6, 6.07) is 0. The van der Waals surface area contributed by atoms with Crippen LogP contribution in [0, 0.1) is 0 Å². The highest BCUT2D eigenvalue weighted by Gasteiger charge is 2.12. The maximum atomic E-state index is 5.87. The third kappa shape index (κ3) is 5.28. The van der Waals surface area contributed by atoms with E-state index in [4.69, 9.17) is 11.6 Å². The van der Waals surface area contributed by atoms with Gasteiger partial charge < -0.3 is 0 Å². The first-order chi connectivity index (χ1) is 6.83. The molecule has 0 unspecified atom stereocenters. The first kappa shape index (κ1) is 12.4. The zero-order chi connectivity index (χ0) is 10.2. The molecule has 3 heteroatoms. The molecular formula is C11H20ClNS. The van der Waals surface area contributed by atoms with E-state index in [0.29, 0.717) is 0 Å². The SMILES string of the molecule is CCCCCCCCN1CC=C(Cl)S1. The van der Waals surface area contributed by atoms with Gasteiger partial charge in [-0.05, 0) is 24.4 Å². The molecule has 1 rings (SSSR count). The van der Waals surface area contributed by atoms with Crippen molar-refractivity contribution in [1.29, 1.82) is 0 Å². The van der Waals surface area contributed by atoms with Crippen molar-refractivity contribution in [1.82, 2.24) is 4.31 Å². The molecule has 0 aromatic carbocycles. The topological polar surface area (TPSA) is 3.24 Å². The third-order valence-corrected chi connectivity index (χ3v) is 3.73. The summed E-state index contributed by atoms with van der Waals surface area (Å²) in [6.45, 7) is 4.47. The Kier molecular flexibility index (Phi) is 6.74. The number of rotatable bonds is 7. The van der Waals surface area contributed by atoms with E-state index >= 15 is 0 Å². The van der Waals surface area contributed by atoms with E-state index in [1.165, 1.54) is 45.1 Å². The van der Waals surface area contributed by atoms with Gasteiger partial charge in [-0.1, -0.05) is 50.6 Å². The average Bonchev–Trinajstić information content (AvgIpc) is 2.58. The van der Waals surface area contributed by atoms with Gasteiger partial charge in [0.05, 0.1) is 4.36 Å². The number of hydrogen-bond donors (Lipinski definition) is 0. The maximum absolute atomic E-state index is 5.87. The van der Waals surface area contributed by atoms with Gasteiger partial charge >= 0.3 is 0 Å². The summed E-state index contributed by atoms with van der Waals surface area (Å²) in [5, 5.41) is 0. The van der Waals surface area contributed by atoms with E-state index in [0.717, 1.165) is 10.9 Å². The van der Waals surface area contributed by atoms with Crippen molar-refractivity contribution in [2.45, 2.75) is 45.4 Å². The lowest BCUT2D eigenvalue weighted by molar-refractivity contribution is 0.485. The molecule has 14 heavy (non-hydrogen) atoms. The van der Waals surface area contributed by atoms with Crippen LogP contribution in [0.1, 0.15) is 45.4 Å². The van der Waals surface area contributed by atoms with Gasteiger partial charge in [-0.15, -0.1) is 0 Å². The van der Waals surface area contributed by atoms with Crippen LogP contribution in [0.15, 0.2) is 10.4 Å². The Balaban J connectivity index is 1.85. The van der Waals surface area contributed by atoms with E-state index in [2.05, 4.69) is 17.3 Å². The Morgan fingerprint density at radius 1 is 1.29 bits per heavy atom. The van der Waals surface area contributed by atoms with E-state index < -0.39 is 0 Å². The molecule has 1 nitrogen and oxygen atoms in total. The normalized spacial score (nSPS) is 17.4. The number of hydrogen-bond acceptors (Lipinski definition) is 2. The molecule has 0 spiro atoms. The van der Waals surface area contributed by atoms with Crippen molar-refractivity contribution in [3.63, 3.8) is 0 Å². The number of halogens is 1. The summed E-state index contributed by atoms with van der Waals surface area (Å²) in [7, 11) is 0. The van der Waals surface area contributed by atoms with Crippen molar-refractivity contribution in [3.8, 4) is 0 Å². The highest BCUT2D eigenvalue weighted by molar-refractivity contribution is 8.02. The Bertz CT molecular complexity index is 182. The first-order valence-corrected chi connectivity index (χ1v) is 6.76. The van der Waals surface area contributed by atoms with Crippen molar-refractivity contribution in [3.05, 3.63) is 10.4 Å². The standard InChI is InChI=1S/C11H20ClNS/c1-2-3-4-5-6-7-9-13-10-8-11(12)14-13/h8H,2-7,9-10H2,1H3.